The number of alkyl halides is 2. The summed E-state index contributed by atoms with van der Waals surface area (Å²) < 4.78 is 22.0. The minimum atomic E-state index is -2.50. The van der Waals surface area contributed by atoms with Crippen LogP contribution in [0.4, 0.5) is 8.78 Å². The van der Waals surface area contributed by atoms with Gasteiger partial charge >= 0.3 is 0 Å². The van der Waals surface area contributed by atoms with E-state index in [1.807, 2.05) is 13.8 Å². The minimum absolute atomic E-state index is 0.167. The van der Waals surface area contributed by atoms with Crippen molar-refractivity contribution in [2.45, 2.75) is 67.4 Å². The molecule has 0 amide bonds. The first-order chi connectivity index (χ1) is 7.20. The molecule has 0 fully saturated rings. The highest BCUT2D eigenvalue weighted by Gasteiger charge is 2.08. The van der Waals surface area contributed by atoms with Gasteiger partial charge in [-0.25, -0.2) is 8.78 Å². The third-order valence-corrected chi connectivity index (χ3v) is 0. The molecule has 0 spiro atoms. The quantitative estimate of drug-likeness (QED) is 0.657. The summed E-state index contributed by atoms with van der Waals surface area (Å²) in [6, 6.07) is 0. The lowest BCUT2D eigenvalue weighted by Gasteiger charge is -1.94. The highest BCUT2D eigenvalue weighted by molar-refractivity contribution is 5.72. The number of aliphatic hydroxyl groups is 1. The molecule has 0 aromatic carbocycles. The zero-order chi connectivity index (χ0) is 15.2. The summed E-state index contributed by atoms with van der Waals surface area (Å²) in [6.45, 7) is 15.7. The Morgan fingerprint density at radius 1 is 1.12 bits per heavy atom. The lowest BCUT2D eigenvalue weighted by molar-refractivity contribution is -0.115. The van der Waals surface area contributed by atoms with E-state index < -0.39 is 5.92 Å². The minimum Gasteiger partial charge on any atom is -0.394 e. The van der Waals surface area contributed by atoms with Gasteiger partial charge in [-0.1, -0.05) is 5.57 Å². The number of Topliss-reactive ketones (excluding diaryl/α,β-unsaturated/α-hetero) is 1. The van der Waals surface area contributed by atoms with Gasteiger partial charge in [0.05, 0.1) is 0 Å². The molecule has 2 nitrogen and oxygen atoms in total. The molecule has 0 aliphatic heterocycles. The fourth-order valence-electron chi connectivity index (χ4n) is 0. The Morgan fingerprint density at radius 3 is 1.12 bits per heavy atom. The number of rotatable bonds is 0. The number of carbonyl (C=O) groups is 1. The van der Waals surface area contributed by atoms with Gasteiger partial charge in [-0.15, -0.1) is 6.58 Å². The predicted molar refractivity (Wildman–Crippen MR) is 70.5 cm³/mol. The van der Waals surface area contributed by atoms with Crippen LogP contribution in [0.2, 0.25) is 0 Å². The first-order valence-corrected chi connectivity index (χ1v) is 5.35. The average molecular weight is 254 g/mol. The maximum atomic E-state index is 11.0. The zero-order valence-corrected chi connectivity index (χ0v) is 12.4. The topological polar surface area (TPSA) is 37.3 Å². The average Bonchev–Trinajstić information content (AvgIpc) is 1.73. The Hall–Kier alpha value is -0.770. The van der Waals surface area contributed by atoms with Gasteiger partial charge in [0.25, 0.3) is 0 Å². The number of allylic oxidation sites excluding steroid dienone is 1. The molecule has 106 valence electrons. The van der Waals surface area contributed by atoms with Crippen LogP contribution in [0.1, 0.15) is 55.4 Å². The molecule has 1 N–H and O–H groups in total. The Bertz CT molecular complexity index is 154. The molecule has 0 saturated heterocycles. The van der Waals surface area contributed by atoms with Crippen LogP contribution in [0.15, 0.2) is 12.2 Å². The van der Waals surface area contributed by atoms with Gasteiger partial charge in [-0.2, -0.15) is 0 Å². The number of ketones is 1. The summed E-state index contributed by atoms with van der Waals surface area (Å²) in [4.78, 5) is 9.44. The van der Waals surface area contributed by atoms with Crippen molar-refractivity contribution in [1.29, 1.82) is 0 Å². The smallest absolute Gasteiger partial charge is 0.242 e. The summed E-state index contributed by atoms with van der Waals surface area (Å²) in [5.74, 6) is -2.33. The molecule has 0 atom stereocenters. The Balaban J connectivity index is -0.0000000667. The van der Waals surface area contributed by atoms with E-state index in [4.69, 9.17) is 5.11 Å². The SMILES string of the molecule is C=C(C)C.CC(C)(F)F.CC(C)=O.CC(C)O. The van der Waals surface area contributed by atoms with E-state index in [2.05, 4.69) is 6.58 Å². The molecule has 0 aliphatic carbocycles. The van der Waals surface area contributed by atoms with Crippen molar-refractivity contribution in [3.63, 3.8) is 0 Å². The van der Waals surface area contributed by atoms with Crippen molar-refractivity contribution >= 4 is 5.78 Å². The van der Waals surface area contributed by atoms with Gasteiger partial charge in [0.15, 0.2) is 0 Å². The van der Waals surface area contributed by atoms with Crippen LogP contribution < -0.4 is 0 Å². The molecule has 0 aliphatic rings. The van der Waals surface area contributed by atoms with Gasteiger partial charge in [0.1, 0.15) is 5.78 Å². The number of aliphatic hydroxyl groups excluding tert-OH is 1. The van der Waals surface area contributed by atoms with Crippen molar-refractivity contribution in [2.75, 3.05) is 0 Å². The maximum absolute atomic E-state index is 11.0. The van der Waals surface area contributed by atoms with Crippen LogP contribution in [0, 0.1) is 0 Å². The monoisotopic (exact) mass is 254 g/mol. The number of carbonyl (C=O) groups excluding carboxylic acids is 1. The molecule has 4 heteroatoms. The Kier molecular flexibility index (Phi) is 22.5. The molecular weight excluding hydrogens is 226 g/mol. The van der Waals surface area contributed by atoms with Gasteiger partial charge in [-0.3, -0.25) is 0 Å². The summed E-state index contributed by atoms with van der Waals surface area (Å²) in [5.41, 5.74) is 1.17. The van der Waals surface area contributed by atoms with Crippen molar-refractivity contribution in [3.8, 4) is 0 Å². The van der Waals surface area contributed by atoms with Crippen LogP contribution >= 0.6 is 0 Å². The van der Waals surface area contributed by atoms with Crippen molar-refractivity contribution < 1.29 is 18.7 Å². The van der Waals surface area contributed by atoms with Crippen molar-refractivity contribution in [2.24, 2.45) is 0 Å². The van der Waals surface area contributed by atoms with Crippen molar-refractivity contribution in [1.82, 2.24) is 0 Å². The molecule has 0 radical (unpaired) electrons. The molecule has 0 saturated carbocycles. The Labute approximate surface area is 105 Å². The summed E-state index contributed by atoms with van der Waals surface area (Å²) in [7, 11) is 0. The molecule has 0 unspecified atom stereocenters. The standard InChI is InChI=1S/C4H8.C3H6F2.C3H8O.C3H6O/c1-4(2)3;1-3(2,4)5;2*1-3(2)4/h1H2,2-3H3;1-2H3;3-4H,1-2H3;1-2H3. The maximum Gasteiger partial charge on any atom is 0.242 e. The van der Waals surface area contributed by atoms with E-state index in [-0.39, 0.29) is 11.9 Å². The summed E-state index contributed by atoms with van der Waals surface area (Å²) in [6.07, 6.45) is -0.167. The summed E-state index contributed by atoms with van der Waals surface area (Å²) >= 11 is 0. The second-order valence-electron chi connectivity index (χ2n) is 4.54. The van der Waals surface area contributed by atoms with Crippen LogP contribution in [-0.2, 0) is 4.79 Å². The normalized spacial score (nSPS) is 8.71. The van der Waals surface area contributed by atoms with Crippen LogP contribution in [0.25, 0.3) is 0 Å². The third-order valence-electron chi connectivity index (χ3n) is 0. The molecule has 0 aromatic rings. The Morgan fingerprint density at radius 2 is 1.12 bits per heavy atom. The van der Waals surface area contributed by atoms with E-state index in [0.717, 1.165) is 13.8 Å². The molecular formula is C13H28F2O2. The highest BCUT2D eigenvalue weighted by atomic mass is 19.3. The second kappa shape index (κ2) is 15.2. The summed E-state index contributed by atoms with van der Waals surface area (Å²) in [5, 5.41) is 8.06. The zero-order valence-electron chi connectivity index (χ0n) is 12.4. The molecule has 0 rings (SSSR count). The van der Waals surface area contributed by atoms with Gasteiger partial charge < -0.3 is 9.90 Å². The van der Waals surface area contributed by atoms with E-state index in [1.165, 1.54) is 19.4 Å². The van der Waals surface area contributed by atoms with Gasteiger partial charge in [0.2, 0.25) is 5.92 Å². The fraction of sp³-hybridized carbons (Fsp3) is 0.769. The van der Waals surface area contributed by atoms with E-state index in [0.29, 0.717) is 0 Å². The third kappa shape index (κ3) is 4500. The predicted octanol–water partition coefficient (Wildman–Crippen LogP) is 4.23. The van der Waals surface area contributed by atoms with Crippen molar-refractivity contribution in [3.05, 3.63) is 12.2 Å². The van der Waals surface area contributed by atoms with E-state index in [1.54, 1.807) is 13.8 Å². The first-order valence-electron chi connectivity index (χ1n) is 5.35. The lowest BCUT2D eigenvalue weighted by atomic mass is 10.4. The molecule has 0 bridgehead atoms. The number of hydrogen-bond donors (Lipinski definition) is 1. The highest BCUT2D eigenvalue weighted by Crippen LogP contribution is 2.06. The molecule has 0 aromatic heterocycles. The molecule has 0 heterocycles. The van der Waals surface area contributed by atoms with Crippen LogP contribution in [0.5, 0.6) is 0 Å². The van der Waals surface area contributed by atoms with Crippen LogP contribution in [0.3, 0.4) is 0 Å². The lowest BCUT2D eigenvalue weighted by Crippen LogP contribution is -1.98. The number of hydrogen-bond acceptors (Lipinski definition) is 2. The molecule has 17 heavy (non-hydrogen) atoms. The van der Waals surface area contributed by atoms with E-state index >= 15 is 0 Å². The number of halogens is 2. The first kappa shape index (κ1) is 25.2. The van der Waals surface area contributed by atoms with Crippen LogP contribution in [-0.4, -0.2) is 22.9 Å². The van der Waals surface area contributed by atoms with E-state index in [9.17, 15) is 13.6 Å². The fourth-order valence-corrected chi connectivity index (χ4v) is 0. The van der Waals surface area contributed by atoms with Gasteiger partial charge in [0, 0.05) is 6.10 Å². The second-order valence-corrected chi connectivity index (χ2v) is 4.54. The largest absolute Gasteiger partial charge is 0.394 e. The van der Waals surface area contributed by atoms with Gasteiger partial charge in [-0.05, 0) is 55.4 Å².